The Balaban J connectivity index is 2.26. The quantitative estimate of drug-likeness (QED) is 0.832. The third kappa shape index (κ3) is 3.91. The van der Waals surface area contributed by atoms with Gasteiger partial charge in [-0.3, -0.25) is 4.79 Å². The Hall–Kier alpha value is -2.64. The minimum absolute atomic E-state index is 0.169. The highest BCUT2D eigenvalue weighted by Crippen LogP contribution is 2.17. The molecule has 0 saturated heterocycles. The summed E-state index contributed by atoms with van der Waals surface area (Å²) in [4.78, 5) is 12.2. The normalized spacial score (nSPS) is 9.67. The van der Waals surface area contributed by atoms with Gasteiger partial charge in [-0.2, -0.15) is 0 Å². The topological polar surface area (TPSA) is 55.1 Å². The van der Waals surface area contributed by atoms with Crippen molar-refractivity contribution < 1.29 is 9.18 Å². The first-order chi connectivity index (χ1) is 10.1. The van der Waals surface area contributed by atoms with E-state index in [4.69, 9.17) is 5.73 Å². The van der Waals surface area contributed by atoms with E-state index >= 15 is 0 Å². The van der Waals surface area contributed by atoms with E-state index in [9.17, 15) is 9.18 Å². The molecule has 0 bridgehead atoms. The first-order valence-corrected chi connectivity index (χ1v) is 6.46. The molecule has 0 aliphatic heterocycles. The lowest BCUT2D eigenvalue weighted by molar-refractivity contribution is 0.102. The van der Waals surface area contributed by atoms with E-state index < -0.39 is 5.82 Å². The van der Waals surface area contributed by atoms with Crippen molar-refractivity contribution in [1.82, 2.24) is 0 Å². The largest absolute Gasteiger partial charge is 0.321 e. The van der Waals surface area contributed by atoms with Gasteiger partial charge >= 0.3 is 0 Å². The van der Waals surface area contributed by atoms with E-state index in [1.54, 1.807) is 12.1 Å². The zero-order chi connectivity index (χ0) is 15.2. The van der Waals surface area contributed by atoms with Crippen LogP contribution in [0.15, 0.2) is 42.5 Å². The molecule has 0 unspecified atom stereocenters. The summed E-state index contributed by atoms with van der Waals surface area (Å²) >= 11 is 0. The average Bonchev–Trinajstić information content (AvgIpc) is 2.48. The van der Waals surface area contributed by atoms with Gasteiger partial charge in [-0.15, -0.1) is 0 Å². The molecule has 2 aromatic rings. The van der Waals surface area contributed by atoms with Crippen LogP contribution in [0.4, 0.5) is 10.1 Å². The SMILES string of the molecule is Cc1ccc(C(=O)Nc2ccc(F)cc2C#CCN)cc1. The molecule has 2 rings (SSSR count). The van der Waals surface area contributed by atoms with Gasteiger partial charge in [0, 0.05) is 5.56 Å². The van der Waals surface area contributed by atoms with Crippen LogP contribution in [0.1, 0.15) is 21.5 Å². The van der Waals surface area contributed by atoms with Crippen molar-refractivity contribution in [3.05, 3.63) is 65.0 Å². The van der Waals surface area contributed by atoms with Gasteiger partial charge < -0.3 is 11.1 Å². The number of nitrogens with one attached hydrogen (secondary N) is 1. The van der Waals surface area contributed by atoms with Crippen LogP contribution in [0, 0.1) is 24.6 Å². The van der Waals surface area contributed by atoms with Gasteiger partial charge in [-0.1, -0.05) is 29.5 Å². The highest BCUT2D eigenvalue weighted by atomic mass is 19.1. The fraction of sp³-hybridized carbons (Fsp3) is 0.118. The van der Waals surface area contributed by atoms with Crippen LogP contribution >= 0.6 is 0 Å². The lowest BCUT2D eigenvalue weighted by Crippen LogP contribution is -2.13. The summed E-state index contributed by atoms with van der Waals surface area (Å²) in [5.74, 6) is 4.72. The highest BCUT2D eigenvalue weighted by molar-refractivity contribution is 6.04. The Morgan fingerprint density at radius 2 is 1.95 bits per heavy atom. The fourth-order valence-corrected chi connectivity index (χ4v) is 1.77. The number of rotatable bonds is 2. The van der Waals surface area contributed by atoms with E-state index in [0.717, 1.165) is 5.56 Å². The average molecular weight is 282 g/mol. The second-order valence-electron chi connectivity index (χ2n) is 4.52. The van der Waals surface area contributed by atoms with Crippen molar-refractivity contribution in [2.75, 3.05) is 11.9 Å². The number of carbonyl (C=O) groups excluding carboxylic acids is 1. The van der Waals surface area contributed by atoms with Crippen molar-refractivity contribution in [3.8, 4) is 11.8 Å². The van der Waals surface area contributed by atoms with Gasteiger partial charge in [-0.05, 0) is 37.3 Å². The lowest BCUT2D eigenvalue weighted by Gasteiger charge is -2.08. The van der Waals surface area contributed by atoms with Gasteiger partial charge in [0.2, 0.25) is 0 Å². The molecule has 0 aromatic heterocycles. The van der Waals surface area contributed by atoms with Crippen LogP contribution in [-0.2, 0) is 0 Å². The number of benzene rings is 2. The van der Waals surface area contributed by atoms with Crippen LogP contribution in [0.3, 0.4) is 0 Å². The van der Waals surface area contributed by atoms with E-state index in [2.05, 4.69) is 17.2 Å². The maximum atomic E-state index is 13.3. The van der Waals surface area contributed by atoms with Crippen molar-refractivity contribution in [2.24, 2.45) is 5.73 Å². The summed E-state index contributed by atoms with van der Waals surface area (Å²) in [6.07, 6.45) is 0. The van der Waals surface area contributed by atoms with Crippen LogP contribution in [0.25, 0.3) is 0 Å². The molecule has 0 fully saturated rings. The molecular formula is C17H15FN2O. The van der Waals surface area contributed by atoms with E-state index in [0.29, 0.717) is 16.8 Å². The third-order valence-corrected chi connectivity index (χ3v) is 2.87. The Bertz CT molecular complexity index is 712. The van der Waals surface area contributed by atoms with Gasteiger partial charge in [0.1, 0.15) is 5.82 Å². The molecule has 3 N–H and O–H groups in total. The zero-order valence-corrected chi connectivity index (χ0v) is 11.6. The van der Waals surface area contributed by atoms with E-state index in [1.165, 1.54) is 18.2 Å². The maximum absolute atomic E-state index is 13.3. The number of aryl methyl sites for hydroxylation is 1. The molecule has 0 saturated carbocycles. The van der Waals surface area contributed by atoms with Crippen molar-refractivity contribution in [2.45, 2.75) is 6.92 Å². The summed E-state index contributed by atoms with van der Waals surface area (Å²) in [6.45, 7) is 2.12. The van der Waals surface area contributed by atoms with Crippen molar-refractivity contribution in [3.63, 3.8) is 0 Å². The minimum Gasteiger partial charge on any atom is -0.321 e. The maximum Gasteiger partial charge on any atom is 0.255 e. The monoisotopic (exact) mass is 282 g/mol. The standard InChI is InChI=1S/C17H15FN2O/c1-12-4-6-13(7-5-12)17(21)20-16-9-8-15(18)11-14(16)3-2-10-19/h4-9,11H,10,19H2,1H3,(H,20,21). The molecule has 1 amide bonds. The molecule has 4 heteroatoms. The zero-order valence-electron chi connectivity index (χ0n) is 11.6. The van der Waals surface area contributed by atoms with Gasteiger partial charge in [0.25, 0.3) is 5.91 Å². The number of nitrogens with two attached hydrogens (primary N) is 1. The Kier molecular flexibility index (Phi) is 4.70. The fourth-order valence-electron chi connectivity index (χ4n) is 1.77. The van der Waals surface area contributed by atoms with Gasteiger partial charge in [0.15, 0.2) is 0 Å². The number of hydrogen-bond acceptors (Lipinski definition) is 2. The molecule has 0 radical (unpaired) electrons. The lowest BCUT2D eigenvalue weighted by atomic mass is 10.1. The summed E-state index contributed by atoms with van der Waals surface area (Å²) in [7, 11) is 0. The summed E-state index contributed by atoms with van der Waals surface area (Å²) in [5.41, 5.74) is 7.78. The predicted octanol–water partition coefficient (Wildman–Crippen LogP) is 2.70. The summed E-state index contributed by atoms with van der Waals surface area (Å²) < 4.78 is 13.3. The minimum atomic E-state index is -0.412. The number of anilines is 1. The Morgan fingerprint density at radius 3 is 2.62 bits per heavy atom. The molecular weight excluding hydrogens is 267 g/mol. The molecule has 0 spiro atoms. The first kappa shape index (κ1) is 14.8. The molecule has 0 aliphatic rings. The second-order valence-corrected chi connectivity index (χ2v) is 4.52. The van der Waals surface area contributed by atoms with Crippen molar-refractivity contribution in [1.29, 1.82) is 0 Å². The highest BCUT2D eigenvalue weighted by Gasteiger charge is 2.09. The third-order valence-electron chi connectivity index (χ3n) is 2.87. The number of hydrogen-bond donors (Lipinski definition) is 2. The second kappa shape index (κ2) is 6.69. The van der Waals surface area contributed by atoms with Crippen LogP contribution in [0.5, 0.6) is 0 Å². The van der Waals surface area contributed by atoms with Gasteiger partial charge in [0.05, 0.1) is 17.8 Å². The smallest absolute Gasteiger partial charge is 0.255 e. The van der Waals surface area contributed by atoms with Gasteiger partial charge in [-0.25, -0.2) is 4.39 Å². The van der Waals surface area contributed by atoms with Crippen molar-refractivity contribution >= 4 is 11.6 Å². The molecule has 21 heavy (non-hydrogen) atoms. The number of amides is 1. The Morgan fingerprint density at radius 1 is 1.24 bits per heavy atom. The van der Waals surface area contributed by atoms with E-state index in [1.807, 2.05) is 19.1 Å². The summed E-state index contributed by atoms with van der Waals surface area (Å²) in [5, 5.41) is 2.73. The summed E-state index contributed by atoms with van der Waals surface area (Å²) in [6, 6.07) is 11.2. The van der Waals surface area contributed by atoms with Crippen LogP contribution < -0.4 is 11.1 Å². The predicted molar refractivity (Wildman–Crippen MR) is 81.5 cm³/mol. The molecule has 0 heterocycles. The molecule has 2 aromatic carbocycles. The van der Waals surface area contributed by atoms with E-state index in [-0.39, 0.29) is 12.5 Å². The molecule has 3 nitrogen and oxygen atoms in total. The number of carbonyl (C=O) groups is 1. The molecule has 0 aliphatic carbocycles. The molecule has 0 atom stereocenters. The van der Waals surface area contributed by atoms with Crippen LogP contribution in [0.2, 0.25) is 0 Å². The Labute approximate surface area is 123 Å². The molecule has 106 valence electrons. The number of halogens is 1. The first-order valence-electron chi connectivity index (χ1n) is 6.46. The van der Waals surface area contributed by atoms with Crippen LogP contribution in [-0.4, -0.2) is 12.5 Å².